The van der Waals surface area contributed by atoms with Crippen molar-refractivity contribution in [2.45, 2.75) is 45.6 Å². The van der Waals surface area contributed by atoms with Crippen LogP contribution in [0.2, 0.25) is 0 Å². The van der Waals surface area contributed by atoms with Gasteiger partial charge >= 0.3 is 0 Å². The molecule has 7 nitrogen and oxygen atoms in total. The van der Waals surface area contributed by atoms with Crippen LogP contribution >= 0.6 is 0 Å². The van der Waals surface area contributed by atoms with Crippen molar-refractivity contribution in [3.63, 3.8) is 0 Å². The molecule has 5 rings (SSSR count). The highest BCUT2D eigenvalue weighted by Gasteiger charge is 2.65. The molecule has 0 bridgehead atoms. The third-order valence-corrected chi connectivity index (χ3v) is 8.23. The van der Waals surface area contributed by atoms with E-state index in [0.717, 1.165) is 29.2 Å². The Kier molecular flexibility index (Phi) is 5.18. The zero-order valence-corrected chi connectivity index (χ0v) is 19.8. The molecule has 2 fully saturated rings. The third-order valence-electron chi connectivity index (χ3n) is 8.23. The van der Waals surface area contributed by atoms with Gasteiger partial charge in [0.1, 0.15) is 17.5 Å². The van der Waals surface area contributed by atoms with E-state index >= 15 is 0 Å². The fourth-order valence-corrected chi connectivity index (χ4v) is 6.27. The van der Waals surface area contributed by atoms with E-state index in [4.69, 9.17) is 0 Å². The molecule has 0 spiro atoms. The molecular formula is C28H26O7. The highest BCUT2D eigenvalue weighted by Crippen LogP contribution is 2.51. The van der Waals surface area contributed by atoms with Crippen molar-refractivity contribution >= 4 is 28.9 Å². The van der Waals surface area contributed by atoms with Crippen LogP contribution in [0.15, 0.2) is 30.3 Å². The lowest BCUT2D eigenvalue weighted by Crippen LogP contribution is -2.67. The number of carbonyl (C=O) groups is 5. The normalized spacial score (nSPS) is 29.9. The molecule has 3 aliphatic carbocycles. The summed E-state index contributed by atoms with van der Waals surface area (Å²) >= 11 is 0. The van der Waals surface area contributed by atoms with Crippen LogP contribution in [0, 0.1) is 37.5 Å². The van der Waals surface area contributed by atoms with Gasteiger partial charge in [-0.25, -0.2) is 0 Å². The molecule has 2 N–H and O–H groups in total. The van der Waals surface area contributed by atoms with Gasteiger partial charge in [0.25, 0.3) is 0 Å². The number of rotatable bonds is 2. The molecule has 35 heavy (non-hydrogen) atoms. The Morgan fingerprint density at radius 3 is 2.34 bits per heavy atom. The average molecular weight is 475 g/mol. The van der Waals surface area contributed by atoms with E-state index < -0.39 is 58.2 Å². The topological polar surface area (TPSA) is 126 Å². The van der Waals surface area contributed by atoms with Gasteiger partial charge in [-0.2, -0.15) is 0 Å². The first-order valence-electron chi connectivity index (χ1n) is 11.8. The molecule has 180 valence electrons. The maximum absolute atomic E-state index is 13.7. The molecule has 3 aliphatic rings. The first-order valence-corrected chi connectivity index (χ1v) is 11.8. The van der Waals surface area contributed by atoms with Crippen LogP contribution in [0.25, 0.3) is 11.1 Å². The maximum Gasteiger partial charge on any atom is 0.190 e. The Bertz CT molecular complexity index is 1350. The second-order valence-electron chi connectivity index (χ2n) is 10.2. The molecule has 2 aromatic rings. The van der Waals surface area contributed by atoms with Gasteiger partial charge < -0.3 is 10.2 Å². The van der Waals surface area contributed by atoms with E-state index in [2.05, 4.69) is 0 Å². The third kappa shape index (κ3) is 3.18. The lowest BCUT2D eigenvalue weighted by Gasteiger charge is -2.48. The van der Waals surface area contributed by atoms with Gasteiger partial charge in [0.2, 0.25) is 0 Å². The number of phenolic OH excluding ortho intramolecular Hbond substituents is 1. The Morgan fingerprint density at radius 1 is 0.971 bits per heavy atom. The van der Waals surface area contributed by atoms with E-state index in [-0.39, 0.29) is 30.6 Å². The fraction of sp³-hybridized carbons (Fsp3) is 0.393. The maximum atomic E-state index is 13.7. The van der Waals surface area contributed by atoms with Gasteiger partial charge in [0.15, 0.2) is 28.7 Å². The van der Waals surface area contributed by atoms with E-state index in [1.165, 1.54) is 6.07 Å². The van der Waals surface area contributed by atoms with Crippen LogP contribution in [-0.2, 0) is 25.6 Å². The summed E-state index contributed by atoms with van der Waals surface area (Å²) in [6.45, 7) is 5.06. The van der Waals surface area contributed by atoms with Crippen LogP contribution in [0.4, 0.5) is 0 Å². The molecule has 0 heterocycles. The molecule has 0 saturated heterocycles. The number of hydrogen-bond acceptors (Lipinski definition) is 7. The summed E-state index contributed by atoms with van der Waals surface area (Å²) < 4.78 is 0. The van der Waals surface area contributed by atoms with Crippen LogP contribution in [0.1, 0.15) is 46.8 Å². The van der Waals surface area contributed by atoms with Crippen LogP contribution in [0.5, 0.6) is 5.75 Å². The second-order valence-corrected chi connectivity index (χ2v) is 10.2. The van der Waals surface area contributed by atoms with Gasteiger partial charge in [-0.3, -0.25) is 24.0 Å². The number of aromatic hydroxyl groups is 1. The lowest BCUT2D eigenvalue weighted by atomic mass is 9.53. The highest BCUT2D eigenvalue weighted by atomic mass is 16.3. The van der Waals surface area contributed by atoms with Gasteiger partial charge in [0.05, 0.1) is 11.5 Å². The van der Waals surface area contributed by atoms with Gasteiger partial charge in [-0.1, -0.05) is 24.3 Å². The first-order chi connectivity index (χ1) is 16.5. The monoisotopic (exact) mass is 474 g/mol. The van der Waals surface area contributed by atoms with E-state index in [1.807, 2.05) is 32.0 Å². The second kappa shape index (κ2) is 7.78. The number of hydrogen-bond donors (Lipinski definition) is 2. The molecule has 2 unspecified atom stereocenters. The minimum absolute atomic E-state index is 0.0276. The average Bonchev–Trinajstić information content (AvgIpc) is 2.78. The summed E-state index contributed by atoms with van der Waals surface area (Å²) in [5.74, 6) is -8.84. The molecule has 5 atom stereocenters. The number of carbonyl (C=O) groups excluding carboxylic acids is 5. The first kappa shape index (κ1) is 23.3. The summed E-state index contributed by atoms with van der Waals surface area (Å²) in [6, 6.07) is 9.09. The minimum atomic E-state index is -2.56. The highest BCUT2D eigenvalue weighted by molar-refractivity contribution is 6.31. The summed E-state index contributed by atoms with van der Waals surface area (Å²) in [7, 11) is 0. The van der Waals surface area contributed by atoms with Gasteiger partial charge in [-0.05, 0) is 73.4 Å². The zero-order chi connectivity index (χ0) is 25.4. The summed E-state index contributed by atoms with van der Waals surface area (Å²) in [6.07, 6.45) is 0.119. The summed E-state index contributed by atoms with van der Waals surface area (Å²) in [5, 5.41) is 21.9. The number of benzene rings is 2. The molecule has 7 heteroatoms. The number of aryl methyl sites for hydroxylation is 2. The smallest absolute Gasteiger partial charge is 0.190 e. The predicted molar refractivity (Wildman–Crippen MR) is 125 cm³/mol. The fourth-order valence-electron chi connectivity index (χ4n) is 6.27. The minimum Gasteiger partial charge on any atom is -0.507 e. The van der Waals surface area contributed by atoms with Crippen molar-refractivity contribution in [1.82, 2.24) is 0 Å². The Balaban J connectivity index is 1.62. The van der Waals surface area contributed by atoms with E-state index in [0.29, 0.717) is 5.56 Å². The van der Waals surface area contributed by atoms with Crippen LogP contribution < -0.4 is 0 Å². The SMILES string of the molecule is CC(=O)C1C(=O)C[C@@H]2C[C@@H]3Cc4c(-c5ccc(C)c(C)c5)ccc(O)c4C(=O)C3C(=O)[C@]2(O)C1=O. The van der Waals surface area contributed by atoms with Crippen LogP contribution in [-0.4, -0.2) is 44.7 Å². The molecule has 0 amide bonds. The summed E-state index contributed by atoms with van der Waals surface area (Å²) in [5.41, 5.74) is 1.93. The number of phenols is 1. The lowest BCUT2D eigenvalue weighted by molar-refractivity contribution is -0.175. The van der Waals surface area contributed by atoms with Gasteiger partial charge in [-0.15, -0.1) is 0 Å². The predicted octanol–water partition coefficient (Wildman–Crippen LogP) is 2.71. The molecular weight excluding hydrogens is 448 g/mol. The molecule has 0 aromatic heterocycles. The number of fused-ring (bicyclic) bond motifs is 3. The van der Waals surface area contributed by atoms with Gasteiger partial charge in [0, 0.05) is 12.3 Å². The largest absolute Gasteiger partial charge is 0.507 e. The Hall–Kier alpha value is -3.45. The quantitative estimate of drug-likeness (QED) is 0.641. The summed E-state index contributed by atoms with van der Waals surface area (Å²) in [4.78, 5) is 64.8. The number of aliphatic hydroxyl groups is 1. The van der Waals surface area contributed by atoms with Crippen molar-refractivity contribution in [1.29, 1.82) is 0 Å². The molecule has 2 saturated carbocycles. The Labute approximate surface area is 202 Å². The van der Waals surface area contributed by atoms with Crippen molar-refractivity contribution in [3.05, 3.63) is 52.6 Å². The molecule has 0 radical (unpaired) electrons. The van der Waals surface area contributed by atoms with E-state index in [1.54, 1.807) is 6.07 Å². The molecule has 2 aromatic carbocycles. The Morgan fingerprint density at radius 2 is 1.69 bits per heavy atom. The van der Waals surface area contributed by atoms with E-state index in [9.17, 15) is 34.2 Å². The molecule has 0 aliphatic heterocycles. The van der Waals surface area contributed by atoms with Crippen molar-refractivity contribution in [2.75, 3.05) is 0 Å². The van der Waals surface area contributed by atoms with Crippen molar-refractivity contribution < 1.29 is 34.2 Å². The van der Waals surface area contributed by atoms with Crippen molar-refractivity contribution in [3.8, 4) is 16.9 Å². The zero-order valence-electron chi connectivity index (χ0n) is 19.8. The number of ketones is 5. The number of Topliss-reactive ketones (excluding diaryl/α,β-unsaturated/α-hetero) is 5. The van der Waals surface area contributed by atoms with Crippen LogP contribution in [0.3, 0.4) is 0 Å². The van der Waals surface area contributed by atoms with Crippen molar-refractivity contribution in [2.24, 2.45) is 23.7 Å². The standard InChI is InChI=1S/C28H26O7/c1-12-4-5-15(8-13(12)2)18-6-7-20(30)24-19(18)10-16-9-17-11-21(31)22(14(3)29)26(33)28(17,35)27(34)23(16)25(24)32/h4-8,16-17,22-23,30,35H,9-11H2,1-3H3/t16-,17+,22?,23?,28-/m1/s1.